The Morgan fingerprint density at radius 3 is 2.58 bits per heavy atom. The number of nitrogens with two attached hydrogens (primary N) is 1. The highest BCUT2D eigenvalue weighted by Crippen LogP contribution is 2.21. The molecule has 0 atom stereocenters. The number of rotatable bonds is 3. The molecular weight excluding hydrogens is 166 g/mol. The molecular formula is C10H15NS. The van der Waals surface area contributed by atoms with Crippen molar-refractivity contribution in [1.29, 1.82) is 0 Å². The molecule has 66 valence electrons. The fourth-order valence-electron chi connectivity index (χ4n) is 1.26. The molecule has 0 saturated heterocycles. The summed E-state index contributed by atoms with van der Waals surface area (Å²) in [7, 11) is 0. The van der Waals surface area contributed by atoms with Gasteiger partial charge in [-0.15, -0.1) is 0 Å². The zero-order chi connectivity index (χ0) is 8.97. The van der Waals surface area contributed by atoms with Crippen LogP contribution >= 0.6 is 11.8 Å². The zero-order valence-electron chi connectivity index (χ0n) is 7.63. The van der Waals surface area contributed by atoms with Gasteiger partial charge in [0.15, 0.2) is 0 Å². The molecule has 0 amide bonds. The standard InChI is InChI=1S/C10H15NS/c1-3-8-5-4-6-9(7-12-2)10(8)11/h4-6H,3,7,11H2,1-2H3. The van der Waals surface area contributed by atoms with E-state index in [4.69, 9.17) is 5.73 Å². The maximum Gasteiger partial charge on any atom is 0.0387 e. The van der Waals surface area contributed by atoms with E-state index in [-0.39, 0.29) is 0 Å². The number of hydrogen-bond acceptors (Lipinski definition) is 2. The van der Waals surface area contributed by atoms with Crippen molar-refractivity contribution in [3.05, 3.63) is 29.3 Å². The van der Waals surface area contributed by atoms with Crippen molar-refractivity contribution in [2.45, 2.75) is 19.1 Å². The number of anilines is 1. The smallest absolute Gasteiger partial charge is 0.0387 e. The molecule has 0 aromatic heterocycles. The van der Waals surface area contributed by atoms with Gasteiger partial charge >= 0.3 is 0 Å². The molecule has 2 N–H and O–H groups in total. The number of para-hydroxylation sites is 1. The summed E-state index contributed by atoms with van der Waals surface area (Å²) in [5.41, 5.74) is 9.48. The normalized spacial score (nSPS) is 10.2. The minimum atomic E-state index is 0.981. The van der Waals surface area contributed by atoms with Gasteiger partial charge in [-0.2, -0.15) is 11.8 Å². The topological polar surface area (TPSA) is 26.0 Å². The first kappa shape index (κ1) is 9.46. The fourth-order valence-corrected chi connectivity index (χ4v) is 1.82. The molecule has 2 heteroatoms. The van der Waals surface area contributed by atoms with Crippen molar-refractivity contribution < 1.29 is 0 Å². The molecule has 0 fully saturated rings. The first-order valence-corrected chi connectivity index (χ1v) is 5.54. The van der Waals surface area contributed by atoms with Gasteiger partial charge in [0.2, 0.25) is 0 Å². The molecule has 0 spiro atoms. The molecule has 12 heavy (non-hydrogen) atoms. The summed E-state index contributed by atoms with van der Waals surface area (Å²) >= 11 is 1.81. The summed E-state index contributed by atoms with van der Waals surface area (Å²) < 4.78 is 0. The second-order valence-electron chi connectivity index (χ2n) is 2.78. The van der Waals surface area contributed by atoms with E-state index in [1.807, 2.05) is 11.8 Å². The van der Waals surface area contributed by atoms with Crippen molar-refractivity contribution in [3.8, 4) is 0 Å². The maximum absolute atomic E-state index is 5.97. The van der Waals surface area contributed by atoms with E-state index in [0.717, 1.165) is 17.9 Å². The third kappa shape index (κ3) is 1.95. The Balaban J connectivity index is 2.97. The van der Waals surface area contributed by atoms with Gasteiger partial charge in [-0.05, 0) is 23.8 Å². The second kappa shape index (κ2) is 4.41. The minimum Gasteiger partial charge on any atom is -0.398 e. The minimum absolute atomic E-state index is 0.981. The van der Waals surface area contributed by atoms with E-state index >= 15 is 0 Å². The quantitative estimate of drug-likeness (QED) is 0.726. The SMILES string of the molecule is CCc1cccc(CSC)c1N. The number of hydrogen-bond donors (Lipinski definition) is 1. The third-order valence-corrected chi connectivity index (χ3v) is 2.57. The highest BCUT2D eigenvalue weighted by molar-refractivity contribution is 7.97. The first-order valence-electron chi connectivity index (χ1n) is 4.14. The predicted molar refractivity (Wildman–Crippen MR) is 57.5 cm³/mol. The highest BCUT2D eigenvalue weighted by atomic mass is 32.2. The molecule has 1 nitrogen and oxygen atoms in total. The predicted octanol–water partition coefficient (Wildman–Crippen LogP) is 2.69. The highest BCUT2D eigenvalue weighted by Gasteiger charge is 2.01. The summed E-state index contributed by atoms with van der Waals surface area (Å²) in [6.07, 6.45) is 3.12. The molecule has 0 bridgehead atoms. The van der Waals surface area contributed by atoms with E-state index in [2.05, 4.69) is 31.4 Å². The molecule has 1 aromatic rings. The van der Waals surface area contributed by atoms with E-state index in [9.17, 15) is 0 Å². The Kier molecular flexibility index (Phi) is 3.48. The number of benzene rings is 1. The maximum atomic E-state index is 5.97. The lowest BCUT2D eigenvalue weighted by atomic mass is 10.1. The Bertz CT molecular complexity index is 258. The van der Waals surface area contributed by atoms with Gasteiger partial charge in [-0.3, -0.25) is 0 Å². The van der Waals surface area contributed by atoms with E-state index in [0.29, 0.717) is 0 Å². The van der Waals surface area contributed by atoms with Crippen molar-refractivity contribution in [3.63, 3.8) is 0 Å². The van der Waals surface area contributed by atoms with Gasteiger partial charge in [0.1, 0.15) is 0 Å². The molecule has 1 aromatic carbocycles. The lowest BCUT2D eigenvalue weighted by Gasteiger charge is -2.07. The van der Waals surface area contributed by atoms with Crippen molar-refractivity contribution in [2.24, 2.45) is 0 Å². The van der Waals surface area contributed by atoms with E-state index in [1.54, 1.807) is 0 Å². The third-order valence-electron chi connectivity index (χ3n) is 1.97. The molecule has 0 saturated carbocycles. The molecule has 0 unspecified atom stereocenters. The average molecular weight is 181 g/mol. The number of nitrogen functional groups attached to an aromatic ring is 1. The zero-order valence-corrected chi connectivity index (χ0v) is 8.45. The molecule has 1 rings (SSSR count). The Labute approximate surface area is 78.4 Å². The van der Waals surface area contributed by atoms with Crippen LogP contribution in [-0.4, -0.2) is 6.26 Å². The molecule has 0 aliphatic heterocycles. The average Bonchev–Trinajstić information content (AvgIpc) is 2.09. The number of thioether (sulfide) groups is 1. The van der Waals surface area contributed by atoms with Crippen LogP contribution in [0.5, 0.6) is 0 Å². The lowest BCUT2D eigenvalue weighted by Crippen LogP contribution is -1.97. The van der Waals surface area contributed by atoms with Crippen LogP contribution in [-0.2, 0) is 12.2 Å². The first-order chi connectivity index (χ1) is 5.79. The van der Waals surface area contributed by atoms with Gasteiger partial charge in [-0.1, -0.05) is 25.1 Å². The summed E-state index contributed by atoms with van der Waals surface area (Å²) in [5.74, 6) is 1.01. The Morgan fingerprint density at radius 2 is 2.00 bits per heavy atom. The largest absolute Gasteiger partial charge is 0.398 e. The van der Waals surface area contributed by atoms with Crippen LogP contribution < -0.4 is 5.73 Å². The molecule has 0 heterocycles. The van der Waals surface area contributed by atoms with Crippen LogP contribution in [0.1, 0.15) is 18.1 Å². The van der Waals surface area contributed by atoms with Crippen LogP contribution in [0, 0.1) is 0 Å². The van der Waals surface area contributed by atoms with Gasteiger partial charge in [-0.25, -0.2) is 0 Å². The van der Waals surface area contributed by atoms with Gasteiger partial charge < -0.3 is 5.73 Å². The van der Waals surface area contributed by atoms with E-state index in [1.165, 1.54) is 11.1 Å². The van der Waals surface area contributed by atoms with E-state index < -0.39 is 0 Å². The van der Waals surface area contributed by atoms with Crippen LogP contribution in [0.4, 0.5) is 5.69 Å². The summed E-state index contributed by atoms with van der Waals surface area (Å²) in [5, 5.41) is 0. The molecule has 0 aliphatic rings. The monoisotopic (exact) mass is 181 g/mol. The summed E-state index contributed by atoms with van der Waals surface area (Å²) in [6, 6.07) is 6.28. The lowest BCUT2D eigenvalue weighted by molar-refractivity contribution is 1.13. The van der Waals surface area contributed by atoms with Crippen LogP contribution in [0.2, 0.25) is 0 Å². The van der Waals surface area contributed by atoms with Crippen LogP contribution in [0.3, 0.4) is 0 Å². The van der Waals surface area contributed by atoms with Crippen molar-refractivity contribution in [2.75, 3.05) is 12.0 Å². The summed E-state index contributed by atoms with van der Waals surface area (Å²) in [4.78, 5) is 0. The second-order valence-corrected chi connectivity index (χ2v) is 3.64. The van der Waals surface area contributed by atoms with Gasteiger partial charge in [0, 0.05) is 11.4 Å². The van der Waals surface area contributed by atoms with Crippen LogP contribution in [0.15, 0.2) is 18.2 Å². The summed E-state index contributed by atoms with van der Waals surface area (Å²) in [6.45, 7) is 2.13. The fraction of sp³-hybridized carbons (Fsp3) is 0.400. The number of aryl methyl sites for hydroxylation is 1. The van der Waals surface area contributed by atoms with Crippen LogP contribution in [0.25, 0.3) is 0 Å². The Hall–Kier alpha value is -0.630. The van der Waals surface area contributed by atoms with Gasteiger partial charge in [0.25, 0.3) is 0 Å². The van der Waals surface area contributed by atoms with Crippen molar-refractivity contribution >= 4 is 17.4 Å². The molecule has 0 radical (unpaired) electrons. The molecule has 0 aliphatic carbocycles. The van der Waals surface area contributed by atoms with Crippen molar-refractivity contribution in [1.82, 2.24) is 0 Å². The van der Waals surface area contributed by atoms with Gasteiger partial charge in [0.05, 0.1) is 0 Å². The Morgan fingerprint density at radius 1 is 1.33 bits per heavy atom.